The molecule has 2 heterocycles. The van der Waals surface area contributed by atoms with E-state index in [2.05, 4.69) is 33.3 Å². The number of nitrogens with zero attached hydrogens (tertiary/aromatic N) is 4. The lowest BCUT2D eigenvalue weighted by atomic mass is 9.86. The van der Waals surface area contributed by atoms with Gasteiger partial charge in [0.15, 0.2) is 5.82 Å². The van der Waals surface area contributed by atoms with Crippen LogP contribution in [0, 0.1) is 37.0 Å². The van der Waals surface area contributed by atoms with E-state index in [1.807, 2.05) is 13.8 Å². The van der Waals surface area contributed by atoms with Crippen LogP contribution >= 0.6 is 0 Å². The summed E-state index contributed by atoms with van der Waals surface area (Å²) in [5.74, 6) is 2.19. The third-order valence-corrected chi connectivity index (χ3v) is 4.47. The molecule has 0 spiro atoms. The summed E-state index contributed by atoms with van der Waals surface area (Å²) in [5.41, 5.74) is 2.50. The first-order valence-corrected chi connectivity index (χ1v) is 6.84. The van der Waals surface area contributed by atoms with Gasteiger partial charge >= 0.3 is 0 Å². The molecule has 0 amide bonds. The highest BCUT2D eigenvalue weighted by atomic mass is 15.3. The molecule has 98 valence electrons. The highest BCUT2D eigenvalue weighted by Crippen LogP contribution is 2.36. The molecule has 0 bridgehead atoms. The van der Waals surface area contributed by atoms with Gasteiger partial charge in [-0.15, -0.1) is 5.10 Å². The quantitative estimate of drug-likeness (QED) is 0.722. The number of allylic oxidation sites excluding steroid dienone is 2. The van der Waals surface area contributed by atoms with Crippen molar-refractivity contribution < 1.29 is 0 Å². The van der Waals surface area contributed by atoms with Gasteiger partial charge in [-0.05, 0) is 44.1 Å². The average molecular weight is 254 g/mol. The Balaban J connectivity index is 1.92. The molecule has 1 saturated heterocycles. The van der Waals surface area contributed by atoms with E-state index in [4.69, 9.17) is 0 Å². The summed E-state index contributed by atoms with van der Waals surface area (Å²) in [7, 11) is 0. The Bertz CT molecular complexity index is 554. The molecule has 0 saturated carbocycles. The molecule has 1 aromatic heterocycles. The van der Waals surface area contributed by atoms with Crippen molar-refractivity contribution in [2.45, 2.75) is 26.7 Å². The number of hydrogen-bond donors (Lipinski definition) is 0. The second kappa shape index (κ2) is 4.65. The molecule has 2 aliphatic rings. The summed E-state index contributed by atoms with van der Waals surface area (Å²) in [5, 5.41) is 17.9. The van der Waals surface area contributed by atoms with E-state index >= 15 is 0 Å². The third kappa shape index (κ3) is 1.99. The van der Waals surface area contributed by atoms with Crippen molar-refractivity contribution >= 4 is 5.82 Å². The number of anilines is 1. The summed E-state index contributed by atoms with van der Waals surface area (Å²) in [4.78, 5) is 2.25. The van der Waals surface area contributed by atoms with Gasteiger partial charge in [0.05, 0.1) is 5.69 Å². The van der Waals surface area contributed by atoms with Crippen LogP contribution in [0.4, 0.5) is 5.82 Å². The minimum Gasteiger partial charge on any atom is -0.353 e. The molecule has 1 aliphatic carbocycles. The highest BCUT2D eigenvalue weighted by Gasteiger charge is 2.34. The Kier molecular flexibility index (Phi) is 2.98. The lowest BCUT2D eigenvalue weighted by Crippen LogP contribution is -2.23. The fraction of sp³-hybridized carbons (Fsp3) is 0.533. The zero-order valence-corrected chi connectivity index (χ0v) is 11.4. The summed E-state index contributed by atoms with van der Waals surface area (Å²) >= 11 is 0. The van der Waals surface area contributed by atoms with Crippen molar-refractivity contribution in [3.63, 3.8) is 0 Å². The van der Waals surface area contributed by atoms with E-state index in [0.29, 0.717) is 17.4 Å². The Hall–Kier alpha value is -1.89. The molecule has 0 radical (unpaired) electrons. The van der Waals surface area contributed by atoms with Crippen LogP contribution in [0.3, 0.4) is 0 Å². The molecule has 0 N–H and O–H groups in total. The van der Waals surface area contributed by atoms with Gasteiger partial charge in [-0.25, -0.2) is 0 Å². The van der Waals surface area contributed by atoms with Crippen molar-refractivity contribution in [2.24, 2.45) is 11.8 Å². The van der Waals surface area contributed by atoms with Gasteiger partial charge in [0.2, 0.25) is 0 Å². The zero-order chi connectivity index (χ0) is 13.4. The molecule has 4 nitrogen and oxygen atoms in total. The fourth-order valence-corrected chi connectivity index (χ4v) is 3.14. The molecule has 3 rings (SSSR count). The molecule has 4 heteroatoms. The minimum absolute atomic E-state index is 0.694. The predicted molar refractivity (Wildman–Crippen MR) is 73.8 cm³/mol. The highest BCUT2D eigenvalue weighted by molar-refractivity contribution is 5.58. The normalized spacial score (nSPS) is 25.2. The van der Waals surface area contributed by atoms with Gasteiger partial charge in [-0.2, -0.15) is 10.4 Å². The summed E-state index contributed by atoms with van der Waals surface area (Å²) in [6.45, 7) is 5.86. The summed E-state index contributed by atoms with van der Waals surface area (Å²) < 4.78 is 0. The molecule has 19 heavy (non-hydrogen) atoms. The average Bonchev–Trinajstić information content (AvgIpc) is 2.85. The molecule has 0 aromatic carbocycles. The van der Waals surface area contributed by atoms with Crippen LogP contribution in [0.15, 0.2) is 12.2 Å². The van der Waals surface area contributed by atoms with Crippen molar-refractivity contribution in [2.75, 3.05) is 18.0 Å². The number of fused-ring (bicyclic) bond motifs is 1. The van der Waals surface area contributed by atoms with Gasteiger partial charge in [-0.3, -0.25) is 0 Å². The van der Waals surface area contributed by atoms with Crippen LogP contribution < -0.4 is 4.90 Å². The molecule has 1 aliphatic heterocycles. The van der Waals surface area contributed by atoms with Gasteiger partial charge in [0.1, 0.15) is 11.6 Å². The largest absolute Gasteiger partial charge is 0.353 e. The van der Waals surface area contributed by atoms with Gasteiger partial charge < -0.3 is 4.90 Å². The first-order chi connectivity index (χ1) is 9.20. The summed E-state index contributed by atoms with van der Waals surface area (Å²) in [6, 6.07) is 2.30. The van der Waals surface area contributed by atoms with Crippen molar-refractivity contribution in [1.82, 2.24) is 10.2 Å². The Morgan fingerprint density at radius 2 is 1.79 bits per heavy atom. The maximum Gasteiger partial charge on any atom is 0.169 e. The third-order valence-electron chi connectivity index (χ3n) is 4.47. The fourth-order valence-electron chi connectivity index (χ4n) is 3.14. The standard InChI is InChI=1S/C15H18N4/c1-10-11(2)17-18-15(14(10)7-16)19-8-12-5-3-4-6-13(12)9-19/h3-4,12-13H,5-6,8-9H2,1-2H3. The second-order valence-electron chi connectivity index (χ2n) is 5.59. The van der Waals surface area contributed by atoms with E-state index in [0.717, 1.165) is 43.0 Å². The van der Waals surface area contributed by atoms with E-state index in [1.165, 1.54) is 0 Å². The zero-order valence-electron chi connectivity index (χ0n) is 11.4. The van der Waals surface area contributed by atoms with E-state index in [-0.39, 0.29) is 0 Å². The van der Waals surface area contributed by atoms with Crippen molar-refractivity contribution in [3.05, 3.63) is 29.0 Å². The van der Waals surface area contributed by atoms with E-state index < -0.39 is 0 Å². The number of hydrogen-bond acceptors (Lipinski definition) is 4. The minimum atomic E-state index is 0.694. The van der Waals surface area contributed by atoms with Crippen LogP contribution in [0.5, 0.6) is 0 Å². The maximum absolute atomic E-state index is 9.39. The maximum atomic E-state index is 9.39. The summed E-state index contributed by atoms with van der Waals surface area (Å²) in [6.07, 6.45) is 6.87. The molecular formula is C15H18N4. The Morgan fingerprint density at radius 3 is 2.37 bits per heavy atom. The molecular weight excluding hydrogens is 236 g/mol. The molecule has 2 unspecified atom stereocenters. The smallest absolute Gasteiger partial charge is 0.169 e. The number of rotatable bonds is 1. The number of nitriles is 1. The SMILES string of the molecule is Cc1nnc(N2CC3CC=CCC3C2)c(C#N)c1C. The Labute approximate surface area is 113 Å². The molecule has 1 aromatic rings. The van der Waals surface area contributed by atoms with Crippen LogP contribution in [-0.2, 0) is 0 Å². The van der Waals surface area contributed by atoms with Crippen molar-refractivity contribution in [1.29, 1.82) is 5.26 Å². The topological polar surface area (TPSA) is 52.8 Å². The van der Waals surface area contributed by atoms with Crippen LogP contribution in [0.1, 0.15) is 29.7 Å². The second-order valence-corrected chi connectivity index (χ2v) is 5.59. The lowest BCUT2D eigenvalue weighted by Gasteiger charge is -2.19. The predicted octanol–water partition coefficient (Wildman–Crippen LogP) is 2.37. The molecule has 1 fully saturated rings. The lowest BCUT2D eigenvalue weighted by molar-refractivity contribution is 0.411. The van der Waals surface area contributed by atoms with Crippen molar-refractivity contribution in [3.8, 4) is 6.07 Å². The van der Waals surface area contributed by atoms with Gasteiger partial charge in [0, 0.05) is 13.1 Å². The number of aromatic nitrogens is 2. The van der Waals surface area contributed by atoms with E-state index in [1.54, 1.807) is 0 Å². The van der Waals surface area contributed by atoms with Crippen LogP contribution in [0.2, 0.25) is 0 Å². The Morgan fingerprint density at radius 1 is 1.16 bits per heavy atom. The van der Waals surface area contributed by atoms with Gasteiger partial charge in [-0.1, -0.05) is 12.2 Å². The first-order valence-electron chi connectivity index (χ1n) is 6.84. The van der Waals surface area contributed by atoms with E-state index in [9.17, 15) is 5.26 Å². The number of aryl methyl sites for hydroxylation is 1. The van der Waals surface area contributed by atoms with Crippen LogP contribution in [0.25, 0.3) is 0 Å². The monoisotopic (exact) mass is 254 g/mol. The van der Waals surface area contributed by atoms with Gasteiger partial charge in [0.25, 0.3) is 0 Å². The van der Waals surface area contributed by atoms with Crippen LogP contribution in [-0.4, -0.2) is 23.3 Å². The first kappa shape index (κ1) is 12.2. The molecule has 2 atom stereocenters.